The summed E-state index contributed by atoms with van der Waals surface area (Å²) in [6.45, 7) is 4.44. The van der Waals surface area contributed by atoms with Gasteiger partial charge in [-0.2, -0.15) is 0 Å². The summed E-state index contributed by atoms with van der Waals surface area (Å²) in [4.78, 5) is 0. The van der Waals surface area contributed by atoms with Gasteiger partial charge < -0.3 is 13.7 Å². The summed E-state index contributed by atoms with van der Waals surface area (Å²) in [7, 11) is 0. The molecule has 0 fully saturated rings. The lowest BCUT2D eigenvalue weighted by Crippen LogP contribution is -1.95. The van der Waals surface area contributed by atoms with Gasteiger partial charge in [-0.3, -0.25) is 0 Å². The van der Waals surface area contributed by atoms with E-state index >= 15 is 0 Å². The van der Waals surface area contributed by atoms with E-state index in [0.29, 0.717) is 0 Å². The second-order valence-electron chi connectivity index (χ2n) is 21.8. The molecule has 3 heteroatoms. The molecule has 0 N–H and O–H groups in total. The lowest BCUT2D eigenvalue weighted by Gasteiger charge is -2.18. The molecule has 0 aliphatic rings. The van der Waals surface area contributed by atoms with Crippen LogP contribution < -0.4 is 0 Å². The molecule has 16 rings (SSSR count). The molecule has 81 heavy (non-hydrogen) atoms. The van der Waals surface area contributed by atoms with E-state index in [-0.39, 0.29) is 0 Å². The highest BCUT2D eigenvalue weighted by Crippen LogP contribution is 2.45. The maximum atomic E-state index is 2.47. The van der Waals surface area contributed by atoms with Crippen LogP contribution in [-0.4, -0.2) is 13.7 Å². The Morgan fingerprint density at radius 3 is 0.975 bits per heavy atom. The van der Waals surface area contributed by atoms with Gasteiger partial charge in [0.05, 0.1) is 33.1 Å². The fourth-order valence-corrected chi connectivity index (χ4v) is 13.5. The number of para-hydroxylation sites is 2. The number of aryl methyl sites for hydroxylation is 2. The van der Waals surface area contributed by atoms with E-state index in [1.807, 2.05) is 0 Å². The normalized spacial score (nSPS) is 11.9. The molecule has 0 aliphatic carbocycles. The first-order valence-corrected chi connectivity index (χ1v) is 28.5. The lowest BCUT2D eigenvalue weighted by molar-refractivity contribution is 1.11. The van der Waals surface area contributed by atoms with Crippen molar-refractivity contribution in [2.75, 3.05) is 0 Å². The predicted molar refractivity (Wildman–Crippen MR) is 345 cm³/mol. The van der Waals surface area contributed by atoms with Crippen LogP contribution in [0.3, 0.4) is 0 Å². The molecule has 3 heterocycles. The molecular weight excluding hydrogens is 979 g/mol. The SMILES string of the molecule is CCc1ccc(-n2c3ccccc3c3cc(-c4ccc5c(c4)c4cc(-c6ccc7c(c6)c6ccccc6n7-c6cccc(CC)c6)ccc4n5-c4ccc(-c5c6ccccc6c(-c6ccccc6)c6ccccc56)cc4)ccc32)cc1. The zero-order chi connectivity index (χ0) is 53.7. The van der Waals surface area contributed by atoms with Crippen LogP contribution in [0.15, 0.2) is 273 Å². The second-order valence-corrected chi connectivity index (χ2v) is 21.8. The number of benzene rings is 13. The van der Waals surface area contributed by atoms with Gasteiger partial charge in [0.15, 0.2) is 0 Å². The van der Waals surface area contributed by atoms with Crippen LogP contribution in [-0.2, 0) is 12.8 Å². The maximum Gasteiger partial charge on any atom is 0.0541 e. The first-order valence-electron chi connectivity index (χ1n) is 28.5. The summed E-state index contributed by atoms with van der Waals surface area (Å²) in [5.74, 6) is 0. The Morgan fingerprint density at radius 1 is 0.210 bits per heavy atom. The van der Waals surface area contributed by atoms with Gasteiger partial charge in [-0.25, -0.2) is 0 Å². The van der Waals surface area contributed by atoms with Gasteiger partial charge in [0, 0.05) is 49.4 Å². The van der Waals surface area contributed by atoms with Crippen LogP contribution in [0.1, 0.15) is 25.0 Å². The Morgan fingerprint density at radius 2 is 0.543 bits per heavy atom. The van der Waals surface area contributed by atoms with Crippen molar-refractivity contribution in [3.05, 3.63) is 284 Å². The molecule has 3 nitrogen and oxygen atoms in total. The third-order valence-electron chi connectivity index (χ3n) is 17.4. The van der Waals surface area contributed by atoms with E-state index in [2.05, 4.69) is 301 Å². The van der Waals surface area contributed by atoms with E-state index < -0.39 is 0 Å². The highest BCUT2D eigenvalue weighted by atomic mass is 15.0. The van der Waals surface area contributed by atoms with E-state index in [0.717, 1.165) is 18.5 Å². The Labute approximate surface area is 470 Å². The second kappa shape index (κ2) is 18.7. The molecule has 0 radical (unpaired) electrons. The topological polar surface area (TPSA) is 14.8 Å². The largest absolute Gasteiger partial charge is 0.309 e. The third-order valence-corrected chi connectivity index (χ3v) is 17.4. The van der Waals surface area contributed by atoms with Crippen LogP contribution in [0.4, 0.5) is 0 Å². The first kappa shape index (κ1) is 46.8. The summed E-state index contributed by atoms with van der Waals surface area (Å²) >= 11 is 0. The Balaban J connectivity index is 0.874. The molecular formula is C78H55N3. The van der Waals surface area contributed by atoms with Crippen molar-refractivity contribution in [1.82, 2.24) is 13.7 Å². The smallest absolute Gasteiger partial charge is 0.0541 e. The summed E-state index contributed by atoms with van der Waals surface area (Å²) in [5, 5.41) is 12.5. The average Bonchev–Trinajstić information content (AvgIpc) is 4.42. The van der Waals surface area contributed by atoms with Crippen molar-refractivity contribution >= 4 is 87.0 Å². The highest BCUT2D eigenvalue weighted by Gasteiger charge is 2.21. The average molecular weight is 1030 g/mol. The summed E-state index contributed by atoms with van der Waals surface area (Å²) in [5.41, 5.74) is 23.1. The molecule has 382 valence electrons. The van der Waals surface area contributed by atoms with E-state index in [4.69, 9.17) is 0 Å². The van der Waals surface area contributed by atoms with Crippen molar-refractivity contribution in [3.63, 3.8) is 0 Å². The molecule has 0 spiro atoms. The molecule has 0 amide bonds. The monoisotopic (exact) mass is 1030 g/mol. The molecule has 0 atom stereocenters. The third kappa shape index (κ3) is 7.43. The minimum absolute atomic E-state index is 0.995. The van der Waals surface area contributed by atoms with Gasteiger partial charge in [-0.1, -0.05) is 190 Å². The zero-order valence-electron chi connectivity index (χ0n) is 45.2. The molecule has 0 bridgehead atoms. The summed E-state index contributed by atoms with van der Waals surface area (Å²) < 4.78 is 7.32. The number of hydrogen-bond acceptors (Lipinski definition) is 0. The van der Waals surface area contributed by atoms with Gasteiger partial charge in [0.2, 0.25) is 0 Å². The standard InChI is InChI=1S/C78H55N3/c1-3-50-29-37-58(38-30-50)79-71-27-14-12-21-61(71)67-46-54(33-41-73(67)79)56-35-43-75-69(48-56)70-49-57(55-34-42-74-68(47-55)62-22-13-15-28-72(62)81(74)60-20-16-17-51(4-2)45-60)36-44-76(70)80(75)59-39-31-53(32-40-59)78-65-25-10-8-23-63(65)77(52-18-6-5-7-19-52)64-24-9-11-26-66(64)78/h5-49H,3-4H2,1-2H3. The molecule has 16 aromatic rings. The number of aromatic nitrogens is 3. The number of fused-ring (bicyclic) bond motifs is 11. The Hall–Kier alpha value is -10.2. The van der Waals surface area contributed by atoms with Crippen LogP contribution in [0, 0.1) is 0 Å². The van der Waals surface area contributed by atoms with Crippen LogP contribution in [0.25, 0.3) is 149 Å². The molecule has 13 aromatic carbocycles. The highest BCUT2D eigenvalue weighted by molar-refractivity contribution is 6.22. The zero-order valence-corrected chi connectivity index (χ0v) is 45.2. The molecule has 0 unspecified atom stereocenters. The van der Waals surface area contributed by atoms with Crippen molar-refractivity contribution in [3.8, 4) is 61.6 Å². The number of nitrogens with zero attached hydrogens (tertiary/aromatic N) is 3. The first-order chi connectivity index (χ1) is 40.1. The number of rotatable bonds is 9. The minimum Gasteiger partial charge on any atom is -0.309 e. The summed E-state index contributed by atoms with van der Waals surface area (Å²) in [6, 6.07) is 102. The van der Waals surface area contributed by atoms with Crippen LogP contribution in [0.2, 0.25) is 0 Å². The fraction of sp³-hybridized carbons (Fsp3) is 0.0513. The van der Waals surface area contributed by atoms with E-state index in [1.54, 1.807) is 0 Å². The molecule has 0 saturated heterocycles. The van der Waals surface area contributed by atoms with Gasteiger partial charge in [-0.05, 0) is 187 Å². The van der Waals surface area contributed by atoms with E-state index in [9.17, 15) is 0 Å². The Kier molecular flexibility index (Phi) is 10.8. The number of hydrogen-bond donors (Lipinski definition) is 0. The minimum atomic E-state index is 0.995. The Bertz CT molecular complexity index is 5110. The quantitative estimate of drug-likeness (QED) is 0.128. The van der Waals surface area contributed by atoms with Crippen molar-refractivity contribution < 1.29 is 0 Å². The maximum absolute atomic E-state index is 2.47. The summed E-state index contributed by atoms with van der Waals surface area (Å²) in [6.07, 6.45) is 2.01. The molecule has 0 aliphatic heterocycles. The van der Waals surface area contributed by atoms with Crippen molar-refractivity contribution in [2.45, 2.75) is 26.7 Å². The molecule has 3 aromatic heterocycles. The van der Waals surface area contributed by atoms with Gasteiger partial charge in [0.1, 0.15) is 0 Å². The van der Waals surface area contributed by atoms with Crippen LogP contribution >= 0.6 is 0 Å². The molecule has 0 saturated carbocycles. The lowest BCUT2D eigenvalue weighted by atomic mass is 9.86. The van der Waals surface area contributed by atoms with Gasteiger partial charge in [-0.15, -0.1) is 0 Å². The van der Waals surface area contributed by atoms with Gasteiger partial charge >= 0.3 is 0 Å². The predicted octanol–water partition coefficient (Wildman–Crippen LogP) is 21.1. The fourth-order valence-electron chi connectivity index (χ4n) is 13.5. The van der Waals surface area contributed by atoms with Crippen molar-refractivity contribution in [1.29, 1.82) is 0 Å². The van der Waals surface area contributed by atoms with Crippen molar-refractivity contribution in [2.24, 2.45) is 0 Å². The van der Waals surface area contributed by atoms with E-state index in [1.165, 1.54) is 154 Å². The van der Waals surface area contributed by atoms with Crippen LogP contribution in [0.5, 0.6) is 0 Å². The van der Waals surface area contributed by atoms with Gasteiger partial charge in [0.25, 0.3) is 0 Å².